The van der Waals surface area contributed by atoms with Crippen LogP contribution < -0.4 is 9.61 Å². The summed E-state index contributed by atoms with van der Waals surface area (Å²) in [5.74, 6) is 0.696. The van der Waals surface area contributed by atoms with Crippen LogP contribution in [-0.2, 0) is 0 Å². The number of hydrogen-bond donors (Lipinski definition) is 1. The summed E-state index contributed by atoms with van der Waals surface area (Å²) in [7, 11) is 1.59. The topological polar surface area (TPSA) is 42.1 Å². The minimum Gasteiger partial charge on any atom is -0.496 e. The van der Waals surface area contributed by atoms with Crippen molar-refractivity contribution >= 4 is 22.9 Å². The standard InChI is InChI=1S/C11H10ClNO2S/c1-6-10(13-11(14)16-6)8-5-7(12)3-4-9(8)15-2/h3-5H,1-2H3,(H,13,14). The number of H-pyrrole nitrogens is 1. The summed E-state index contributed by atoms with van der Waals surface area (Å²) in [5.41, 5.74) is 1.58. The van der Waals surface area contributed by atoms with Crippen molar-refractivity contribution in [2.45, 2.75) is 6.92 Å². The van der Waals surface area contributed by atoms with Gasteiger partial charge in [-0.15, -0.1) is 0 Å². The number of ether oxygens (including phenoxy) is 1. The molecule has 16 heavy (non-hydrogen) atoms. The molecule has 0 atom stereocenters. The Kier molecular flexibility index (Phi) is 3.03. The van der Waals surface area contributed by atoms with Crippen LogP contribution in [0, 0.1) is 6.92 Å². The Morgan fingerprint density at radius 3 is 2.75 bits per heavy atom. The molecule has 1 aromatic heterocycles. The van der Waals surface area contributed by atoms with E-state index in [1.54, 1.807) is 25.3 Å². The van der Waals surface area contributed by atoms with Gasteiger partial charge in [-0.1, -0.05) is 22.9 Å². The molecule has 84 valence electrons. The molecule has 0 saturated carbocycles. The molecule has 0 aliphatic carbocycles. The number of aromatic amines is 1. The average molecular weight is 256 g/mol. The fourth-order valence-corrected chi connectivity index (χ4v) is 2.40. The Labute approximate surface area is 102 Å². The zero-order chi connectivity index (χ0) is 11.7. The van der Waals surface area contributed by atoms with E-state index < -0.39 is 0 Å². The Balaban J connectivity index is 2.67. The quantitative estimate of drug-likeness (QED) is 0.896. The predicted octanol–water partition coefficient (Wildman–Crippen LogP) is 3.07. The fraction of sp³-hybridized carbons (Fsp3) is 0.182. The molecule has 1 N–H and O–H groups in total. The average Bonchev–Trinajstić information content (AvgIpc) is 2.57. The largest absolute Gasteiger partial charge is 0.496 e. The molecule has 0 fully saturated rings. The monoisotopic (exact) mass is 255 g/mol. The third-order valence-electron chi connectivity index (χ3n) is 2.26. The number of benzene rings is 1. The van der Waals surface area contributed by atoms with E-state index in [1.165, 1.54) is 11.3 Å². The Bertz CT molecular complexity index is 574. The van der Waals surface area contributed by atoms with Crippen LogP contribution in [0.1, 0.15) is 4.88 Å². The molecule has 0 radical (unpaired) electrons. The molecule has 2 rings (SSSR count). The first-order valence-electron chi connectivity index (χ1n) is 4.65. The zero-order valence-corrected chi connectivity index (χ0v) is 10.4. The molecule has 0 aliphatic heterocycles. The molecule has 1 heterocycles. The second-order valence-corrected chi connectivity index (χ2v) is 4.91. The van der Waals surface area contributed by atoms with Gasteiger partial charge in [-0.3, -0.25) is 4.79 Å². The predicted molar refractivity (Wildman–Crippen MR) is 66.7 cm³/mol. The maximum atomic E-state index is 11.3. The van der Waals surface area contributed by atoms with Crippen LogP contribution >= 0.6 is 22.9 Å². The van der Waals surface area contributed by atoms with Gasteiger partial charge in [0.1, 0.15) is 5.75 Å². The lowest BCUT2D eigenvalue weighted by atomic mass is 10.1. The van der Waals surface area contributed by atoms with E-state index in [2.05, 4.69) is 4.98 Å². The summed E-state index contributed by atoms with van der Waals surface area (Å²) in [5, 5.41) is 0.613. The van der Waals surface area contributed by atoms with E-state index >= 15 is 0 Å². The number of halogens is 1. The molecule has 5 heteroatoms. The van der Waals surface area contributed by atoms with Crippen molar-refractivity contribution < 1.29 is 4.74 Å². The minimum absolute atomic E-state index is 0.0745. The van der Waals surface area contributed by atoms with E-state index in [0.717, 1.165) is 16.1 Å². The third-order valence-corrected chi connectivity index (χ3v) is 3.29. The Morgan fingerprint density at radius 1 is 1.44 bits per heavy atom. The highest BCUT2D eigenvalue weighted by atomic mass is 35.5. The van der Waals surface area contributed by atoms with E-state index in [0.29, 0.717) is 10.8 Å². The Hall–Kier alpha value is -1.26. The summed E-state index contributed by atoms with van der Waals surface area (Å²) >= 11 is 7.12. The van der Waals surface area contributed by atoms with Crippen molar-refractivity contribution in [2.24, 2.45) is 0 Å². The number of rotatable bonds is 2. The van der Waals surface area contributed by atoms with Gasteiger partial charge >= 0.3 is 4.87 Å². The zero-order valence-electron chi connectivity index (χ0n) is 8.83. The molecule has 0 spiro atoms. The number of hydrogen-bond acceptors (Lipinski definition) is 3. The normalized spacial score (nSPS) is 10.4. The molecule has 0 bridgehead atoms. The van der Waals surface area contributed by atoms with E-state index in [4.69, 9.17) is 16.3 Å². The highest BCUT2D eigenvalue weighted by Crippen LogP contribution is 2.33. The van der Waals surface area contributed by atoms with Gasteiger partial charge in [0.25, 0.3) is 0 Å². The van der Waals surface area contributed by atoms with Crippen LogP contribution in [0.5, 0.6) is 5.75 Å². The van der Waals surface area contributed by atoms with Crippen LogP contribution in [0.15, 0.2) is 23.0 Å². The van der Waals surface area contributed by atoms with Gasteiger partial charge in [0.05, 0.1) is 12.8 Å². The number of thiazole rings is 1. The van der Waals surface area contributed by atoms with E-state index in [9.17, 15) is 4.79 Å². The minimum atomic E-state index is -0.0745. The van der Waals surface area contributed by atoms with Crippen molar-refractivity contribution in [2.75, 3.05) is 7.11 Å². The number of methoxy groups -OCH3 is 1. The van der Waals surface area contributed by atoms with Gasteiger partial charge in [-0.2, -0.15) is 0 Å². The summed E-state index contributed by atoms with van der Waals surface area (Å²) in [6.45, 7) is 1.89. The second-order valence-electron chi connectivity index (χ2n) is 3.29. The second kappa shape index (κ2) is 4.31. The lowest BCUT2D eigenvalue weighted by Gasteiger charge is -2.07. The van der Waals surface area contributed by atoms with Gasteiger partial charge in [-0.25, -0.2) is 0 Å². The molecule has 3 nitrogen and oxygen atoms in total. The highest BCUT2D eigenvalue weighted by molar-refractivity contribution is 7.09. The fourth-order valence-electron chi connectivity index (χ4n) is 1.54. The molecular formula is C11H10ClNO2S. The molecule has 1 aromatic carbocycles. The lowest BCUT2D eigenvalue weighted by molar-refractivity contribution is 0.416. The van der Waals surface area contributed by atoms with Crippen LogP contribution in [0.4, 0.5) is 0 Å². The van der Waals surface area contributed by atoms with Crippen LogP contribution in [-0.4, -0.2) is 12.1 Å². The number of nitrogens with one attached hydrogen (secondary N) is 1. The first-order chi connectivity index (χ1) is 7.61. The smallest absolute Gasteiger partial charge is 0.305 e. The molecule has 0 aliphatic rings. The van der Waals surface area contributed by atoms with Crippen LogP contribution in [0.3, 0.4) is 0 Å². The van der Waals surface area contributed by atoms with E-state index in [-0.39, 0.29) is 4.87 Å². The van der Waals surface area contributed by atoms with Gasteiger partial charge < -0.3 is 9.72 Å². The Morgan fingerprint density at radius 2 is 2.19 bits per heavy atom. The summed E-state index contributed by atoms with van der Waals surface area (Å²) < 4.78 is 5.24. The maximum Gasteiger partial charge on any atom is 0.305 e. The first kappa shape index (κ1) is 11.2. The van der Waals surface area contributed by atoms with Gasteiger partial charge in [0, 0.05) is 15.5 Å². The van der Waals surface area contributed by atoms with Gasteiger partial charge in [0.2, 0.25) is 0 Å². The summed E-state index contributed by atoms with van der Waals surface area (Å²) in [6, 6.07) is 5.32. The molecule has 0 amide bonds. The van der Waals surface area contributed by atoms with Crippen molar-refractivity contribution in [1.82, 2.24) is 4.98 Å². The van der Waals surface area contributed by atoms with Gasteiger partial charge in [0.15, 0.2) is 0 Å². The third kappa shape index (κ3) is 1.99. The number of aromatic nitrogens is 1. The summed E-state index contributed by atoms with van der Waals surface area (Å²) in [6.07, 6.45) is 0. The van der Waals surface area contributed by atoms with Crippen molar-refractivity contribution in [3.8, 4) is 17.0 Å². The van der Waals surface area contributed by atoms with Crippen LogP contribution in [0.25, 0.3) is 11.3 Å². The molecule has 0 unspecified atom stereocenters. The highest BCUT2D eigenvalue weighted by Gasteiger charge is 2.12. The molecule has 2 aromatic rings. The summed E-state index contributed by atoms with van der Waals surface area (Å²) in [4.78, 5) is 14.9. The van der Waals surface area contributed by atoms with Crippen molar-refractivity contribution in [3.63, 3.8) is 0 Å². The van der Waals surface area contributed by atoms with Crippen molar-refractivity contribution in [3.05, 3.63) is 37.8 Å². The van der Waals surface area contributed by atoms with Crippen molar-refractivity contribution in [1.29, 1.82) is 0 Å². The maximum absolute atomic E-state index is 11.3. The number of aryl methyl sites for hydroxylation is 1. The van der Waals surface area contributed by atoms with Crippen LogP contribution in [0.2, 0.25) is 5.02 Å². The molecule has 0 saturated heterocycles. The van der Waals surface area contributed by atoms with E-state index in [1.807, 2.05) is 6.92 Å². The SMILES string of the molecule is COc1ccc(Cl)cc1-c1[nH]c(=O)sc1C. The first-order valence-corrected chi connectivity index (χ1v) is 5.85. The van der Waals surface area contributed by atoms with Gasteiger partial charge in [-0.05, 0) is 25.1 Å². The molecular weight excluding hydrogens is 246 g/mol. The lowest BCUT2D eigenvalue weighted by Crippen LogP contribution is -1.94.